The van der Waals surface area contributed by atoms with E-state index in [1.54, 1.807) is 7.05 Å². The number of nitrogens with one attached hydrogen (secondary N) is 1. The molecular weight excluding hydrogens is 247 g/mol. The molecule has 0 aromatic carbocycles. The summed E-state index contributed by atoms with van der Waals surface area (Å²) in [5.41, 5.74) is 7.00. The second-order valence-corrected chi connectivity index (χ2v) is 3.91. The molecular formula is C11H22F3N3O. The van der Waals surface area contributed by atoms with Crippen LogP contribution in [0.4, 0.5) is 13.2 Å². The molecule has 0 radical (unpaired) electrons. The molecule has 1 aliphatic carbocycles. The molecule has 0 aliphatic heterocycles. The number of nitrogens with two attached hydrogens (primary N) is 1. The van der Waals surface area contributed by atoms with Gasteiger partial charge >= 0.3 is 6.18 Å². The van der Waals surface area contributed by atoms with Gasteiger partial charge in [-0.3, -0.25) is 0 Å². The Hall–Kier alpha value is -0.980. The molecule has 0 amide bonds. The summed E-state index contributed by atoms with van der Waals surface area (Å²) < 4.78 is 40.8. The van der Waals surface area contributed by atoms with Crippen molar-refractivity contribution in [3.63, 3.8) is 0 Å². The zero-order chi connectivity index (χ0) is 14.0. The summed E-state index contributed by atoms with van der Waals surface area (Å²) in [4.78, 5) is 0. The summed E-state index contributed by atoms with van der Waals surface area (Å²) >= 11 is 0. The van der Waals surface area contributed by atoms with Crippen LogP contribution < -0.4 is 11.2 Å². The SMILES string of the molecule is CN.CN/N=C(\OCC(F)(F)F)C1CCCCC1. The van der Waals surface area contributed by atoms with E-state index in [0.29, 0.717) is 0 Å². The normalized spacial score (nSPS) is 17.8. The predicted molar refractivity (Wildman–Crippen MR) is 65.2 cm³/mol. The van der Waals surface area contributed by atoms with Gasteiger partial charge in [0.1, 0.15) is 0 Å². The Bertz CT molecular complexity index is 238. The Balaban J connectivity index is 0.00000137. The highest BCUT2D eigenvalue weighted by Crippen LogP contribution is 2.26. The van der Waals surface area contributed by atoms with Gasteiger partial charge in [-0.05, 0) is 19.9 Å². The number of hydrogen-bond donors (Lipinski definition) is 2. The fraction of sp³-hybridized carbons (Fsp3) is 0.909. The quantitative estimate of drug-likeness (QED) is 0.469. The summed E-state index contributed by atoms with van der Waals surface area (Å²) in [6.07, 6.45) is 0.619. The number of alkyl halides is 3. The zero-order valence-electron chi connectivity index (χ0n) is 10.9. The van der Waals surface area contributed by atoms with Gasteiger partial charge in [0.15, 0.2) is 6.61 Å². The van der Waals surface area contributed by atoms with Crippen LogP contribution in [0.15, 0.2) is 5.10 Å². The van der Waals surface area contributed by atoms with Gasteiger partial charge in [-0.1, -0.05) is 19.3 Å². The van der Waals surface area contributed by atoms with E-state index in [2.05, 4.69) is 16.3 Å². The minimum atomic E-state index is -4.30. The van der Waals surface area contributed by atoms with Gasteiger partial charge in [-0.25, -0.2) is 0 Å². The molecule has 7 heteroatoms. The van der Waals surface area contributed by atoms with Gasteiger partial charge in [0, 0.05) is 13.0 Å². The molecule has 1 saturated carbocycles. The van der Waals surface area contributed by atoms with Gasteiger partial charge in [0.2, 0.25) is 5.90 Å². The Morgan fingerprint density at radius 2 is 1.83 bits per heavy atom. The van der Waals surface area contributed by atoms with E-state index in [0.717, 1.165) is 32.1 Å². The fourth-order valence-corrected chi connectivity index (χ4v) is 1.86. The molecule has 1 rings (SSSR count). The van der Waals surface area contributed by atoms with Crippen LogP contribution in [0.3, 0.4) is 0 Å². The van der Waals surface area contributed by atoms with Crippen LogP contribution >= 0.6 is 0 Å². The first-order valence-electron chi connectivity index (χ1n) is 6.04. The fourth-order valence-electron chi connectivity index (χ4n) is 1.86. The number of nitrogens with zero attached hydrogens (tertiary/aromatic N) is 1. The molecule has 108 valence electrons. The summed E-state index contributed by atoms with van der Waals surface area (Å²) in [5, 5.41) is 3.80. The van der Waals surface area contributed by atoms with Gasteiger partial charge in [-0.15, -0.1) is 5.10 Å². The smallest absolute Gasteiger partial charge is 0.422 e. The Labute approximate surface area is 106 Å². The van der Waals surface area contributed by atoms with Gasteiger partial charge in [0.05, 0.1) is 0 Å². The zero-order valence-corrected chi connectivity index (χ0v) is 10.9. The van der Waals surface area contributed by atoms with Crippen LogP contribution in [0.1, 0.15) is 32.1 Å². The van der Waals surface area contributed by atoms with Crippen molar-refractivity contribution in [3.05, 3.63) is 0 Å². The standard InChI is InChI=1S/C10H17F3N2O.CH5N/c1-14-15-9(16-7-10(11,12)13)8-5-3-2-4-6-8;1-2/h8,14H,2-7H2,1H3;2H2,1H3/b15-9-;. The van der Waals surface area contributed by atoms with E-state index in [1.165, 1.54) is 7.05 Å². The molecule has 4 nitrogen and oxygen atoms in total. The molecule has 0 saturated heterocycles. The predicted octanol–water partition coefficient (Wildman–Crippen LogP) is 2.25. The maximum absolute atomic E-state index is 12.0. The van der Waals surface area contributed by atoms with Crippen LogP contribution in [-0.2, 0) is 4.74 Å². The third-order valence-corrected chi connectivity index (χ3v) is 2.56. The highest BCUT2D eigenvalue weighted by molar-refractivity contribution is 5.78. The van der Waals surface area contributed by atoms with E-state index in [-0.39, 0.29) is 11.8 Å². The summed E-state index contributed by atoms with van der Waals surface area (Å²) in [6, 6.07) is 0. The molecule has 3 N–H and O–H groups in total. The molecule has 0 bridgehead atoms. The Morgan fingerprint density at radius 3 is 2.28 bits per heavy atom. The van der Waals surface area contributed by atoms with E-state index >= 15 is 0 Å². The summed E-state index contributed by atoms with van der Waals surface area (Å²) in [7, 11) is 3.06. The summed E-state index contributed by atoms with van der Waals surface area (Å²) in [5.74, 6) is 0.225. The third-order valence-electron chi connectivity index (χ3n) is 2.56. The van der Waals surface area contributed by atoms with Crippen molar-refractivity contribution in [2.75, 3.05) is 20.7 Å². The second kappa shape index (κ2) is 9.02. The first-order valence-corrected chi connectivity index (χ1v) is 6.04. The molecule has 0 atom stereocenters. The lowest BCUT2D eigenvalue weighted by Gasteiger charge is -2.23. The highest BCUT2D eigenvalue weighted by Gasteiger charge is 2.31. The van der Waals surface area contributed by atoms with E-state index in [4.69, 9.17) is 4.74 Å². The number of halogens is 3. The monoisotopic (exact) mass is 269 g/mol. The Morgan fingerprint density at radius 1 is 1.28 bits per heavy atom. The third kappa shape index (κ3) is 7.37. The molecule has 1 aliphatic rings. The largest absolute Gasteiger partial charge is 0.470 e. The van der Waals surface area contributed by atoms with Crippen LogP contribution in [0, 0.1) is 5.92 Å². The molecule has 1 fully saturated rings. The van der Waals surface area contributed by atoms with Crippen LogP contribution in [-0.4, -0.2) is 32.8 Å². The second-order valence-electron chi connectivity index (χ2n) is 3.91. The average Bonchev–Trinajstić information content (AvgIpc) is 2.37. The number of ether oxygens (including phenoxy) is 1. The lowest BCUT2D eigenvalue weighted by molar-refractivity contribution is -0.157. The van der Waals surface area contributed by atoms with E-state index in [9.17, 15) is 13.2 Å². The molecule has 0 heterocycles. The van der Waals surface area contributed by atoms with Crippen molar-refractivity contribution >= 4 is 5.90 Å². The van der Waals surface area contributed by atoms with Gasteiger partial charge in [-0.2, -0.15) is 13.2 Å². The van der Waals surface area contributed by atoms with Crippen LogP contribution in [0.5, 0.6) is 0 Å². The van der Waals surface area contributed by atoms with E-state index in [1.807, 2.05) is 0 Å². The number of hydrogen-bond acceptors (Lipinski definition) is 4. The van der Waals surface area contributed by atoms with Crippen LogP contribution in [0.25, 0.3) is 0 Å². The van der Waals surface area contributed by atoms with Gasteiger partial charge < -0.3 is 15.9 Å². The maximum atomic E-state index is 12.0. The molecule has 0 aromatic heterocycles. The number of rotatable bonds is 3. The van der Waals surface area contributed by atoms with Crippen molar-refractivity contribution in [1.29, 1.82) is 0 Å². The first kappa shape index (κ1) is 17.0. The van der Waals surface area contributed by atoms with Crippen LogP contribution in [0.2, 0.25) is 0 Å². The first-order chi connectivity index (χ1) is 8.53. The lowest BCUT2D eigenvalue weighted by atomic mass is 9.89. The van der Waals surface area contributed by atoms with E-state index < -0.39 is 12.8 Å². The Kier molecular flexibility index (Phi) is 8.53. The van der Waals surface area contributed by atoms with Crippen molar-refractivity contribution in [1.82, 2.24) is 5.43 Å². The van der Waals surface area contributed by atoms with Crippen molar-refractivity contribution < 1.29 is 17.9 Å². The lowest BCUT2D eigenvalue weighted by Crippen LogP contribution is -2.27. The maximum Gasteiger partial charge on any atom is 0.422 e. The molecule has 18 heavy (non-hydrogen) atoms. The van der Waals surface area contributed by atoms with Crippen molar-refractivity contribution in [2.45, 2.75) is 38.3 Å². The van der Waals surface area contributed by atoms with Crippen molar-refractivity contribution in [3.8, 4) is 0 Å². The minimum absolute atomic E-state index is 0.0311. The molecule has 0 unspecified atom stereocenters. The molecule has 0 aromatic rings. The molecule has 0 spiro atoms. The summed E-state index contributed by atoms with van der Waals surface area (Å²) in [6.45, 7) is -1.26. The van der Waals surface area contributed by atoms with Crippen molar-refractivity contribution in [2.24, 2.45) is 16.8 Å². The highest BCUT2D eigenvalue weighted by atomic mass is 19.4. The number of hydrazone groups is 1. The van der Waals surface area contributed by atoms with Gasteiger partial charge in [0.25, 0.3) is 0 Å². The average molecular weight is 269 g/mol. The minimum Gasteiger partial charge on any atom is -0.470 e. The topological polar surface area (TPSA) is 59.6 Å².